The summed E-state index contributed by atoms with van der Waals surface area (Å²) in [5, 5.41) is 5.64. The quantitative estimate of drug-likeness (QED) is 0.460. The number of amides is 1. The number of rotatable bonds is 4. The Morgan fingerprint density at radius 1 is 0.700 bits per heavy atom. The van der Waals surface area contributed by atoms with Crippen LogP contribution in [0.25, 0.3) is 22.4 Å². The molecule has 1 aliphatic heterocycles. The highest BCUT2D eigenvalue weighted by molar-refractivity contribution is 6.22. The highest BCUT2D eigenvalue weighted by Crippen LogP contribution is 2.35. The van der Waals surface area contributed by atoms with Crippen molar-refractivity contribution >= 4 is 28.3 Å². The van der Waals surface area contributed by atoms with Gasteiger partial charge in [-0.1, -0.05) is 109 Å². The molecule has 0 bridgehead atoms. The van der Waals surface area contributed by atoms with Crippen LogP contribution in [0.2, 0.25) is 0 Å². The molecular formula is C28H21NO. The molecule has 0 fully saturated rings. The Morgan fingerprint density at radius 2 is 1.37 bits per heavy atom. The van der Waals surface area contributed by atoms with Crippen LogP contribution in [0, 0.1) is 0 Å². The highest BCUT2D eigenvalue weighted by atomic mass is 16.2. The standard InChI is InChI=1S/C28H21NO/c30-27-26(23-10-3-1-4-11-23)20-28(29-27,25-13-5-2-6-14-25)18-17-21-15-16-22-9-7-8-12-24(22)19-21/h1-20H,(H,29,30)/b18-17+. The van der Waals surface area contributed by atoms with Gasteiger partial charge in [-0.15, -0.1) is 0 Å². The zero-order chi connectivity index (χ0) is 20.4. The normalized spacial score (nSPS) is 18.5. The molecule has 0 radical (unpaired) electrons. The largest absolute Gasteiger partial charge is 0.335 e. The lowest BCUT2D eigenvalue weighted by Gasteiger charge is -2.24. The van der Waals surface area contributed by atoms with Crippen LogP contribution in [-0.2, 0) is 10.3 Å². The maximum atomic E-state index is 12.9. The molecule has 4 aromatic carbocycles. The van der Waals surface area contributed by atoms with Crippen LogP contribution >= 0.6 is 0 Å². The van der Waals surface area contributed by atoms with Gasteiger partial charge in [0.2, 0.25) is 0 Å². The molecule has 2 nitrogen and oxygen atoms in total. The Kier molecular flexibility index (Phi) is 4.53. The van der Waals surface area contributed by atoms with Crippen LogP contribution in [-0.4, -0.2) is 5.91 Å². The van der Waals surface area contributed by atoms with Crippen LogP contribution < -0.4 is 5.32 Å². The van der Waals surface area contributed by atoms with Gasteiger partial charge in [0.1, 0.15) is 5.54 Å². The van der Waals surface area contributed by atoms with Gasteiger partial charge in [-0.2, -0.15) is 0 Å². The summed E-state index contributed by atoms with van der Waals surface area (Å²) in [7, 11) is 0. The average molecular weight is 387 g/mol. The van der Waals surface area contributed by atoms with E-state index in [-0.39, 0.29) is 5.91 Å². The van der Waals surface area contributed by atoms with E-state index in [1.54, 1.807) is 0 Å². The zero-order valence-corrected chi connectivity index (χ0v) is 16.5. The predicted octanol–water partition coefficient (Wildman–Crippen LogP) is 5.96. The summed E-state index contributed by atoms with van der Waals surface area (Å²) in [5.41, 5.74) is 3.06. The van der Waals surface area contributed by atoms with Crippen LogP contribution in [0.1, 0.15) is 16.7 Å². The Labute approximate surface area is 176 Å². The number of hydrogen-bond donors (Lipinski definition) is 1. The first-order valence-corrected chi connectivity index (χ1v) is 10.1. The fourth-order valence-electron chi connectivity index (χ4n) is 4.01. The van der Waals surface area contributed by atoms with Crippen molar-refractivity contribution < 1.29 is 4.79 Å². The molecule has 0 spiro atoms. The van der Waals surface area contributed by atoms with E-state index >= 15 is 0 Å². The van der Waals surface area contributed by atoms with E-state index < -0.39 is 5.54 Å². The molecule has 144 valence electrons. The first-order valence-electron chi connectivity index (χ1n) is 10.1. The lowest BCUT2D eigenvalue weighted by atomic mass is 9.88. The molecule has 1 unspecified atom stereocenters. The molecule has 5 rings (SSSR count). The summed E-state index contributed by atoms with van der Waals surface area (Å²) in [6.07, 6.45) is 6.21. The third kappa shape index (κ3) is 3.33. The van der Waals surface area contributed by atoms with Gasteiger partial charge in [-0.25, -0.2) is 0 Å². The van der Waals surface area contributed by atoms with Gasteiger partial charge in [0.05, 0.1) is 0 Å². The molecule has 1 heterocycles. The van der Waals surface area contributed by atoms with Crippen molar-refractivity contribution in [1.29, 1.82) is 0 Å². The van der Waals surface area contributed by atoms with Crippen molar-refractivity contribution in [1.82, 2.24) is 5.32 Å². The van der Waals surface area contributed by atoms with E-state index in [1.807, 2.05) is 66.7 Å². The molecule has 1 amide bonds. The lowest BCUT2D eigenvalue weighted by Crippen LogP contribution is -2.37. The first-order chi connectivity index (χ1) is 14.7. The van der Waals surface area contributed by atoms with Gasteiger partial charge in [0.15, 0.2) is 0 Å². The average Bonchev–Trinajstić information content (AvgIpc) is 3.16. The summed E-state index contributed by atoms with van der Waals surface area (Å²) in [6.45, 7) is 0. The van der Waals surface area contributed by atoms with E-state index in [0.29, 0.717) is 5.57 Å². The molecule has 0 aliphatic carbocycles. The van der Waals surface area contributed by atoms with E-state index in [9.17, 15) is 4.79 Å². The molecule has 30 heavy (non-hydrogen) atoms. The number of benzene rings is 4. The van der Waals surface area contributed by atoms with E-state index in [1.165, 1.54) is 10.8 Å². The minimum atomic E-state index is -0.685. The third-order valence-electron chi connectivity index (χ3n) is 5.59. The Morgan fingerprint density at radius 3 is 2.13 bits per heavy atom. The minimum absolute atomic E-state index is 0.0618. The molecule has 1 atom stereocenters. The van der Waals surface area contributed by atoms with Gasteiger partial charge in [-0.3, -0.25) is 4.79 Å². The molecule has 1 N–H and O–H groups in total. The SMILES string of the molecule is O=C1NC(/C=C/c2ccc3ccccc3c2)(c2ccccc2)C=C1c1ccccc1. The van der Waals surface area contributed by atoms with Gasteiger partial charge in [0.25, 0.3) is 5.91 Å². The second kappa shape index (κ2) is 7.49. The van der Waals surface area contributed by atoms with Crippen LogP contribution in [0.5, 0.6) is 0 Å². The maximum Gasteiger partial charge on any atom is 0.252 e. The summed E-state index contributed by atoms with van der Waals surface area (Å²) in [6, 6.07) is 34.6. The molecule has 0 saturated heterocycles. The van der Waals surface area contributed by atoms with Crippen molar-refractivity contribution in [2.24, 2.45) is 0 Å². The van der Waals surface area contributed by atoms with Crippen molar-refractivity contribution in [3.63, 3.8) is 0 Å². The van der Waals surface area contributed by atoms with Crippen LogP contribution in [0.4, 0.5) is 0 Å². The maximum absolute atomic E-state index is 12.9. The summed E-state index contributed by atoms with van der Waals surface area (Å²) >= 11 is 0. The van der Waals surface area contributed by atoms with Crippen LogP contribution in [0.3, 0.4) is 0 Å². The smallest absolute Gasteiger partial charge is 0.252 e. The van der Waals surface area contributed by atoms with Gasteiger partial charge < -0.3 is 5.32 Å². The monoisotopic (exact) mass is 387 g/mol. The molecule has 2 heteroatoms. The van der Waals surface area contributed by atoms with E-state index in [0.717, 1.165) is 16.7 Å². The minimum Gasteiger partial charge on any atom is -0.335 e. The summed E-state index contributed by atoms with van der Waals surface area (Å²) in [4.78, 5) is 12.9. The third-order valence-corrected chi connectivity index (χ3v) is 5.59. The molecule has 4 aromatic rings. The van der Waals surface area contributed by atoms with Crippen molar-refractivity contribution in [3.8, 4) is 0 Å². The summed E-state index contributed by atoms with van der Waals surface area (Å²) in [5.74, 6) is -0.0618. The molecule has 0 aromatic heterocycles. The fourth-order valence-corrected chi connectivity index (χ4v) is 4.01. The number of carbonyl (C=O) groups excluding carboxylic acids is 1. The van der Waals surface area contributed by atoms with Crippen molar-refractivity contribution in [2.75, 3.05) is 0 Å². The molecule has 1 aliphatic rings. The van der Waals surface area contributed by atoms with Crippen molar-refractivity contribution in [2.45, 2.75) is 5.54 Å². The Hall–Kier alpha value is -3.91. The van der Waals surface area contributed by atoms with Gasteiger partial charge >= 0.3 is 0 Å². The zero-order valence-electron chi connectivity index (χ0n) is 16.5. The predicted molar refractivity (Wildman–Crippen MR) is 124 cm³/mol. The van der Waals surface area contributed by atoms with Crippen LogP contribution in [0.15, 0.2) is 115 Å². The van der Waals surface area contributed by atoms with Gasteiger partial charge in [0, 0.05) is 5.57 Å². The van der Waals surface area contributed by atoms with Gasteiger partial charge in [-0.05, 0) is 39.6 Å². The Bertz CT molecular complexity index is 1270. The number of hydrogen-bond acceptors (Lipinski definition) is 1. The topological polar surface area (TPSA) is 29.1 Å². The first kappa shape index (κ1) is 18.1. The van der Waals surface area contributed by atoms with Crippen molar-refractivity contribution in [3.05, 3.63) is 132 Å². The Balaban J connectivity index is 1.60. The highest BCUT2D eigenvalue weighted by Gasteiger charge is 2.37. The molecule has 0 saturated carbocycles. The second-order valence-electron chi connectivity index (χ2n) is 7.55. The summed E-state index contributed by atoms with van der Waals surface area (Å²) < 4.78 is 0. The number of carbonyl (C=O) groups is 1. The lowest BCUT2D eigenvalue weighted by molar-refractivity contribution is -0.115. The molecular weight excluding hydrogens is 366 g/mol. The van der Waals surface area contributed by atoms with E-state index in [2.05, 4.69) is 59.9 Å². The van der Waals surface area contributed by atoms with E-state index in [4.69, 9.17) is 0 Å². The second-order valence-corrected chi connectivity index (χ2v) is 7.55. The number of fused-ring (bicyclic) bond motifs is 1. The fraction of sp³-hybridized carbons (Fsp3) is 0.0357. The number of nitrogens with one attached hydrogen (secondary N) is 1.